The van der Waals surface area contributed by atoms with Crippen LogP contribution in [0.1, 0.15) is 112 Å². The van der Waals surface area contributed by atoms with Crippen LogP contribution in [0.4, 0.5) is 8.78 Å². The lowest BCUT2D eigenvalue weighted by atomic mass is 9.79. The summed E-state index contributed by atoms with van der Waals surface area (Å²) in [6.07, 6.45) is 3.50. The van der Waals surface area contributed by atoms with Gasteiger partial charge in [0.2, 0.25) is 5.91 Å². The number of likely N-dealkylation sites (N-methyl/N-ethyl adjacent to an activating group) is 1. The highest BCUT2D eigenvalue weighted by Crippen LogP contribution is 2.32. The number of likely N-dealkylation sites (tertiary alicyclic amines) is 1. The molecule has 0 aliphatic carbocycles. The third-order valence-electron chi connectivity index (χ3n) is 8.97. The molecule has 0 spiro atoms. The van der Waals surface area contributed by atoms with Crippen molar-refractivity contribution in [3.05, 3.63) is 106 Å². The molecule has 2 amide bonds. The van der Waals surface area contributed by atoms with Crippen molar-refractivity contribution in [3.8, 4) is 0 Å². The van der Waals surface area contributed by atoms with E-state index < -0.39 is 0 Å². The Morgan fingerprint density at radius 2 is 1.32 bits per heavy atom. The summed E-state index contributed by atoms with van der Waals surface area (Å²) in [5.41, 5.74) is 4.78. The van der Waals surface area contributed by atoms with E-state index in [2.05, 4.69) is 47.6 Å². The predicted molar refractivity (Wildman–Crippen MR) is 174 cm³/mol. The van der Waals surface area contributed by atoms with Crippen molar-refractivity contribution in [2.24, 2.45) is 0 Å². The van der Waals surface area contributed by atoms with Crippen LogP contribution in [0, 0.1) is 11.6 Å². The highest BCUT2D eigenvalue weighted by molar-refractivity contribution is 5.95. The number of amides is 2. The zero-order valence-corrected chi connectivity index (χ0v) is 27.4. The van der Waals surface area contributed by atoms with E-state index >= 15 is 0 Å². The average Bonchev–Trinajstić information content (AvgIpc) is 3.47. The van der Waals surface area contributed by atoms with Crippen LogP contribution in [-0.2, 0) is 15.6 Å². The Morgan fingerprint density at radius 1 is 0.818 bits per heavy atom. The van der Waals surface area contributed by atoms with Gasteiger partial charge in [-0.05, 0) is 88.7 Å². The van der Waals surface area contributed by atoms with E-state index in [1.807, 2.05) is 29.0 Å². The molecule has 3 aromatic carbocycles. The first-order chi connectivity index (χ1) is 20.6. The first-order valence-electron chi connectivity index (χ1n) is 15.9. The molecule has 6 heteroatoms. The molecule has 0 aromatic heterocycles. The maximum Gasteiger partial charge on any atom is 0.253 e. The number of halogens is 2. The lowest BCUT2D eigenvalue weighted by Crippen LogP contribution is -2.40. The Morgan fingerprint density at radius 3 is 1.80 bits per heavy atom. The third-order valence-corrected chi connectivity index (χ3v) is 8.97. The molecule has 1 fully saturated rings. The van der Waals surface area contributed by atoms with Crippen LogP contribution in [0.25, 0.3) is 0 Å². The molecule has 0 radical (unpaired) electrons. The molecule has 0 saturated carbocycles. The molecule has 1 atom stereocenters. The molecule has 0 unspecified atom stereocenters. The normalized spacial score (nSPS) is 15.6. The Kier molecular flexibility index (Phi) is 10.3. The second-order valence-corrected chi connectivity index (χ2v) is 14.4. The highest BCUT2D eigenvalue weighted by Gasteiger charge is 2.32. The van der Waals surface area contributed by atoms with Crippen LogP contribution in [0.5, 0.6) is 0 Å². The smallest absolute Gasteiger partial charge is 0.253 e. The Bertz CT molecular complexity index is 1360. The second kappa shape index (κ2) is 13.6. The molecule has 1 heterocycles. The van der Waals surface area contributed by atoms with Gasteiger partial charge in [-0.2, -0.15) is 0 Å². The van der Waals surface area contributed by atoms with Crippen molar-refractivity contribution in [2.45, 2.75) is 96.4 Å². The summed E-state index contributed by atoms with van der Waals surface area (Å²) in [6, 6.07) is 19.2. The molecule has 236 valence electrons. The van der Waals surface area contributed by atoms with Gasteiger partial charge in [-0.15, -0.1) is 0 Å². The molecule has 44 heavy (non-hydrogen) atoms. The van der Waals surface area contributed by atoms with E-state index in [0.29, 0.717) is 25.1 Å². The monoisotopic (exact) mass is 602 g/mol. The van der Waals surface area contributed by atoms with Crippen molar-refractivity contribution < 1.29 is 18.4 Å². The fraction of sp³-hybridized carbons (Fsp3) is 0.474. The molecule has 0 N–H and O–H groups in total. The zero-order valence-electron chi connectivity index (χ0n) is 27.4. The Balaban J connectivity index is 1.34. The SMILES string of the molecule is CN(C(=O)c1cc(C(C)(C)C)cc(C(C)(C)C)c1)[C@@H]1CCN(C(=O)CCCCC(c2ccc(F)cc2)c2ccc(F)cc2)C1. The fourth-order valence-electron chi connectivity index (χ4n) is 5.97. The number of hydrogen-bond donors (Lipinski definition) is 0. The molecule has 4 rings (SSSR count). The van der Waals surface area contributed by atoms with Crippen LogP contribution in [-0.4, -0.2) is 47.8 Å². The fourth-order valence-corrected chi connectivity index (χ4v) is 5.97. The van der Waals surface area contributed by atoms with Crippen molar-refractivity contribution in [2.75, 3.05) is 20.1 Å². The molecule has 3 aromatic rings. The van der Waals surface area contributed by atoms with Crippen LogP contribution in [0.15, 0.2) is 66.7 Å². The quantitative estimate of drug-likeness (QED) is 0.230. The largest absolute Gasteiger partial charge is 0.341 e. The minimum Gasteiger partial charge on any atom is -0.341 e. The van der Waals surface area contributed by atoms with E-state index in [9.17, 15) is 18.4 Å². The number of benzene rings is 3. The standard InChI is InChI=1S/C38H48F2N2O2/c1-37(2,3)29-22-28(23-30(24-29)38(4,5)6)36(44)41(7)33-20-21-42(25-33)35(43)11-9-8-10-34(26-12-16-31(39)17-13-26)27-14-18-32(40)19-15-27/h12-19,22-24,33-34H,8-11,20-21,25H2,1-7H3/t33-/m1/s1. The molecule has 1 aliphatic rings. The lowest BCUT2D eigenvalue weighted by molar-refractivity contribution is -0.130. The maximum absolute atomic E-state index is 13.7. The van der Waals surface area contributed by atoms with E-state index in [4.69, 9.17) is 0 Å². The molecule has 1 aliphatic heterocycles. The molecule has 1 saturated heterocycles. The van der Waals surface area contributed by atoms with E-state index in [-0.39, 0.29) is 46.2 Å². The number of carbonyl (C=O) groups is 2. The molecule has 0 bridgehead atoms. The molecular formula is C38H48F2N2O2. The Labute approximate surface area is 262 Å². The van der Waals surface area contributed by atoms with Gasteiger partial charge in [-0.3, -0.25) is 9.59 Å². The number of unbranched alkanes of at least 4 members (excludes halogenated alkanes) is 1. The van der Waals surface area contributed by atoms with Crippen molar-refractivity contribution in [1.29, 1.82) is 0 Å². The van der Waals surface area contributed by atoms with Gasteiger partial charge in [0.15, 0.2) is 0 Å². The van der Waals surface area contributed by atoms with E-state index in [1.165, 1.54) is 24.3 Å². The number of nitrogens with zero attached hydrogens (tertiary/aromatic N) is 2. The first-order valence-corrected chi connectivity index (χ1v) is 15.9. The van der Waals surface area contributed by atoms with Crippen molar-refractivity contribution in [3.63, 3.8) is 0 Å². The number of carbonyl (C=O) groups excluding carboxylic acids is 2. The summed E-state index contributed by atoms with van der Waals surface area (Å²) in [5.74, 6) is -0.479. The van der Waals surface area contributed by atoms with Gasteiger partial charge in [0.05, 0.1) is 6.04 Å². The summed E-state index contributed by atoms with van der Waals surface area (Å²) < 4.78 is 27.1. The summed E-state index contributed by atoms with van der Waals surface area (Å²) in [6.45, 7) is 14.2. The van der Waals surface area contributed by atoms with Gasteiger partial charge < -0.3 is 9.80 Å². The van der Waals surface area contributed by atoms with Crippen molar-refractivity contribution >= 4 is 11.8 Å². The zero-order chi connectivity index (χ0) is 32.2. The van der Waals surface area contributed by atoms with E-state index in [0.717, 1.165) is 47.9 Å². The first kappa shape index (κ1) is 33.4. The topological polar surface area (TPSA) is 40.6 Å². The van der Waals surface area contributed by atoms with Gasteiger partial charge in [0.25, 0.3) is 5.91 Å². The molecular weight excluding hydrogens is 554 g/mol. The molecule has 4 nitrogen and oxygen atoms in total. The number of rotatable bonds is 9. The number of hydrogen-bond acceptors (Lipinski definition) is 2. The summed E-state index contributed by atoms with van der Waals surface area (Å²) in [4.78, 5) is 30.6. The van der Waals surface area contributed by atoms with Crippen LogP contribution in [0.3, 0.4) is 0 Å². The average molecular weight is 603 g/mol. The summed E-state index contributed by atoms with van der Waals surface area (Å²) in [5, 5.41) is 0. The lowest BCUT2D eigenvalue weighted by Gasteiger charge is -2.29. The van der Waals surface area contributed by atoms with Crippen LogP contribution in [0.2, 0.25) is 0 Å². The van der Waals surface area contributed by atoms with Gasteiger partial charge in [0.1, 0.15) is 11.6 Å². The Hall–Kier alpha value is -3.54. The second-order valence-electron chi connectivity index (χ2n) is 14.4. The van der Waals surface area contributed by atoms with Crippen LogP contribution >= 0.6 is 0 Å². The summed E-state index contributed by atoms with van der Waals surface area (Å²) >= 11 is 0. The van der Waals surface area contributed by atoms with Gasteiger partial charge in [-0.25, -0.2) is 8.78 Å². The van der Waals surface area contributed by atoms with Gasteiger partial charge in [-0.1, -0.05) is 78.3 Å². The minimum atomic E-state index is -0.290. The van der Waals surface area contributed by atoms with Gasteiger partial charge in [0, 0.05) is 38.0 Å². The highest BCUT2D eigenvalue weighted by atomic mass is 19.1. The predicted octanol–water partition coefficient (Wildman–Crippen LogP) is 8.63. The van der Waals surface area contributed by atoms with Crippen LogP contribution < -0.4 is 0 Å². The minimum absolute atomic E-state index is 0.00211. The van der Waals surface area contributed by atoms with Crippen molar-refractivity contribution in [1.82, 2.24) is 9.80 Å². The summed E-state index contributed by atoms with van der Waals surface area (Å²) in [7, 11) is 1.85. The maximum atomic E-state index is 13.7. The third kappa shape index (κ3) is 8.34. The van der Waals surface area contributed by atoms with E-state index in [1.54, 1.807) is 24.3 Å². The van der Waals surface area contributed by atoms with Gasteiger partial charge >= 0.3 is 0 Å².